The van der Waals surface area contributed by atoms with Gasteiger partial charge in [0.25, 0.3) is 0 Å². The third kappa shape index (κ3) is 4.20. The van der Waals surface area contributed by atoms with Gasteiger partial charge >= 0.3 is 0 Å². The molecule has 0 heterocycles. The third-order valence-corrected chi connectivity index (χ3v) is 210. The second kappa shape index (κ2) is 9.44. The highest BCUT2D eigenvalue weighted by Gasteiger charge is 2.62. The van der Waals surface area contributed by atoms with Gasteiger partial charge in [-0.3, -0.25) is 0 Å². The molecular weight excluding hydrogens is 429 g/mol. The quantitative estimate of drug-likeness (QED) is 0.508. The Morgan fingerprint density at radius 2 is 1.04 bits per heavy atom. The predicted octanol–water partition coefficient (Wildman–Crippen LogP) is 2.09. The van der Waals surface area contributed by atoms with Gasteiger partial charge < -0.3 is 0 Å². The molecule has 0 amide bonds. The molecule has 1 aromatic rings. The Hall–Kier alpha value is 0.955. The first-order valence-electron chi connectivity index (χ1n) is 10.5. The summed E-state index contributed by atoms with van der Waals surface area (Å²) in [6.45, 7) is 30.8. The molecule has 8 heteroatoms. The van der Waals surface area contributed by atoms with Crippen molar-refractivity contribution >= 4 is 68.1 Å². The lowest BCUT2D eigenvalue weighted by Gasteiger charge is -2.59. The lowest BCUT2D eigenvalue weighted by Crippen LogP contribution is -2.93. The van der Waals surface area contributed by atoms with Crippen molar-refractivity contribution in [2.24, 2.45) is 0 Å². The van der Waals surface area contributed by atoms with Crippen molar-refractivity contribution in [1.29, 1.82) is 0 Å². The molecule has 0 bridgehead atoms. The Bertz CT molecular complexity index is 524. The minimum Gasteiger partial charge on any atom is -0.0747 e. The summed E-state index contributed by atoms with van der Waals surface area (Å²) < 4.78 is 0. The van der Waals surface area contributed by atoms with Gasteiger partial charge in [-0.1, -0.05) is 100 Å². The van der Waals surface area contributed by atoms with Crippen molar-refractivity contribution < 1.29 is 0 Å². The Balaban J connectivity index is 3.78. The lowest BCUT2D eigenvalue weighted by molar-refractivity contribution is 1.52. The number of hydrogen-bond donors (Lipinski definition) is 0. The van der Waals surface area contributed by atoms with E-state index in [9.17, 15) is 0 Å². The first kappa shape index (κ1) is 24.0. The molecule has 0 atom stereocenters. The highest BCUT2D eigenvalue weighted by molar-refractivity contribution is 8.20. The summed E-state index contributed by atoms with van der Waals surface area (Å²) in [5.74, 6) is 0. The Labute approximate surface area is 169 Å². The van der Waals surface area contributed by atoms with Crippen molar-refractivity contribution in [2.45, 2.75) is 72.4 Å². The molecule has 0 spiro atoms. The van der Waals surface area contributed by atoms with Crippen molar-refractivity contribution in [1.82, 2.24) is 0 Å². The molecule has 0 fully saturated rings. The van der Waals surface area contributed by atoms with Gasteiger partial charge in [-0.25, -0.2) is 0 Å². The molecule has 0 unspecified atom stereocenters. The molecule has 0 aliphatic heterocycles. The molecule has 1 rings (SSSR count). The van der Waals surface area contributed by atoms with Crippen LogP contribution in [0.25, 0.3) is 0 Å². The molecule has 1 aromatic carbocycles. The maximum atomic E-state index is 2.84. The van der Waals surface area contributed by atoms with Crippen molar-refractivity contribution in [3.05, 3.63) is 29.8 Å². The van der Waals surface area contributed by atoms with E-state index in [1.807, 2.05) is 5.19 Å². The lowest BCUT2D eigenvalue weighted by atomic mass is 10.2. The molecule has 0 radical (unpaired) electrons. The number of hydrogen-bond acceptors (Lipinski definition) is 0. The first-order valence-corrected chi connectivity index (χ1v) is 39.1. The maximum absolute atomic E-state index is 2.84. The standard InChI is InChI=1S/C17H44Si8/c1-16-14-12-13-15-17(16)18-24(19(2)3,20(4)5)25(21(6)7,22(8)9)23(10)11/h12-15,19-23H,18H2,1-11H3. The van der Waals surface area contributed by atoms with Crippen LogP contribution in [0.15, 0.2) is 24.3 Å². The fourth-order valence-electron chi connectivity index (χ4n) is 6.96. The number of benzene rings is 1. The minimum atomic E-state index is -0.951. The van der Waals surface area contributed by atoms with Crippen LogP contribution in [0.4, 0.5) is 0 Å². The fraction of sp³-hybridized carbons (Fsp3) is 0.647. The highest BCUT2D eigenvalue weighted by Crippen LogP contribution is 2.31. The zero-order chi connectivity index (χ0) is 19.6. The number of rotatable bonds is 8. The van der Waals surface area contributed by atoms with Gasteiger partial charge in [0, 0.05) is 62.9 Å². The van der Waals surface area contributed by atoms with Gasteiger partial charge in [-0.15, -0.1) is 0 Å². The van der Waals surface area contributed by atoms with Crippen LogP contribution >= 0.6 is 0 Å². The minimum absolute atomic E-state index is 0.0324. The van der Waals surface area contributed by atoms with E-state index in [2.05, 4.69) is 96.7 Å². The summed E-state index contributed by atoms with van der Waals surface area (Å²) in [6.07, 6.45) is -1.85. The Morgan fingerprint density at radius 1 is 0.640 bits per heavy atom. The summed E-state index contributed by atoms with van der Waals surface area (Å²) in [5.41, 5.74) is 1.65. The smallest absolute Gasteiger partial charge is 0.0416 e. The van der Waals surface area contributed by atoms with Crippen LogP contribution in [0.5, 0.6) is 0 Å². The molecule has 0 nitrogen and oxygen atoms in total. The van der Waals surface area contributed by atoms with Crippen molar-refractivity contribution in [2.75, 3.05) is 0 Å². The fourth-order valence-corrected chi connectivity index (χ4v) is 318. The third-order valence-electron chi connectivity index (χ3n) is 7.48. The van der Waals surface area contributed by atoms with E-state index < -0.39 is 53.9 Å². The summed E-state index contributed by atoms with van der Waals surface area (Å²) in [7, 11) is -2.61. The van der Waals surface area contributed by atoms with E-state index in [0.717, 1.165) is 0 Å². The molecule has 0 saturated carbocycles. The van der Waals surface area contributed by atoms with Crippen LogP contribution in [-0.2, 0) is 0 Å². The summed E-state index contributed by atoms with van der Waals surface area (Å²) in [4.78, 5) is 0. The summed E-state index contributed by atoms with van der Waals surface area (Å²) in [6, 6.07) is 9.61. The molecule has 0 aliphatic carbocycles. The van der Waals surface area contributed by atoms with Crippen LogP contribution in [0.3, 0.4) is 0 Å². The molecule has 0 N–H and O–H groups in total. The summed E-state index contributed by atoms with van der Waals surface area (Å²) in [5, 5.41) is 1.91. The Morgan fingerprint density at radius 3 is 1.36 bits per heavy atom. The van der Waals surface area contributed by atoms with Gasteiger partial charge in [0.15, 0.2) is 0 Å². The van der Waals surface area contributed by atoms with Crippen LogP contribution < -0.4 is 5.19 Å². The largest absolute Gasteiger partial charge is 0.0747 e. The van der Waals surface area contributed by atoms with E-state index in [1.54, 1.807) is 5.56 Å². The maximum Gasteiger partial charge on any atom is 0.0416 e. The van der Waals surface area contributed by atoms with Gasteiger partial charge in [-0.2, -0.15) is 0 Å². The molecule has 25 heavy (non-hydrogen) atoms. The average Bonchev–Trinajstić information content (AvgIpc) is 2.46. The van der Waals surface area contributed by atoms with Crippen molar-refractivity contribution in [3.63, 3.8) is 0 Å². The van der Waals surface area contributed by atoms with Crippen molar-refractivity contribution in [3.8, 4) is 0 Å². The van der Waals surface area contributed by atoms with E-state index >= 15 is 0 Å². The van der Waals surface area contributed by atoms with Crippen LogP contribution in [0.2, 0.25) is 65.5 Å². The molecule has 144 valence electrons. The average molecular weight is 473 g/mol. The first-order chi connectivity index (χ1) is 11.5. The second-order valence-corrected chi connectivity index (χ2v) is 92.2. The zero-order valence-corrected chi connectivity index (χ0v) is 28.1. The van der Waals surface area contributed by atoms with E-state index in [4.69, 9.17) is 0 Å². The van der Waals surface area contributed by atoms with Gasteiger partial charge in [0.1, 0.15) is 0 Å². The normalized spacial score (nSPS) is 14.2. The van der Waals surface area contributed by atoms with E-state index in [-0.39, 0.29) is 9.04 Å². The Kier molecular flexibility index (Phi) is 9.06. The topological polar surface area (TPSA) is 0 Å². The predicted molar refractivity (Wildman–Crippen MR) is 145 cm³/mol. The van der Waals surface area contributed by atoms with Crippen LogP contribution in [0.1, 0.15) is 5.56 Å². The highest BCUT2D eigenvalue weighted by atomic mass is 30.4. The second-order valence-electron chi connectivity index (χ2n) is 9.85. The molecular formula is C17H44Si8. The van der Waals surface area contributed by atoms with E-state index in [1.165, 1.54) is 0 Å². The van der Waals surface area contributed by atoms with E-state index in [0.29, 0.717) is 0 Å². The SMILES string of the molecule is Cc1ccccc1[SiH2][Si]([SiH](C)C)([SiH](C)C)[Si]([SiH](C)C)([SiH](C)C)[SiH](C)C. The van der Waals surface area contributed by atoms with Gasteiger partial charge in [0.05, 0.1) is 0 Å². The van der Waals surface area contributed by atoms with Crippen LogP contribution in [0, 0.1) is 6.92 Å². The monoisotopic (exact) mass is 472 g/mol. The van der Waals surface area contributed by atoms with Crippen LogP contribution in [-0.4, -0.2) is 62.9 Å². The van der Waals surface area contributed by atoms with Gasteiger partial charge in [-0.05, 0) is 6.92 Å². The summed E-state index contributed by atoms with van der Waals surface area (Å²) >= 11 is 0. The molecule has 0 aliphatic rings. The molecule has 0 aromatic heterocycles. The molecule has 0 saturated heterocycles. The zero-order valence-electron chi connectivity index (χ0n) is 18.9. The van der Waals surface area contributed by atoms with Gasteiger partial charge in [0.2, 0.25) is 0 Å². The number of aryl methyl sites for hydroxylation is 1.